The SMILES string of the molecule is NC(=O)c1ccccc1CNC(=O)c1n[nH]c(C2CC2)c1Cc1ccc(Cc2ccc[nH]c2=O)cc1. The molecule has 1 aliphatic carbocycles. The van der Waals surface area contributed by atoms with Gasteiger partial charge in [-0.05, 0) is 41.7 Å². The smallest absolute Gasteiger partial charge is 0.272 e. The van der Waals surface area contributed by atoms with Gasteiger partial charge < -0.3 is 16.0 Å². The van der Waals surface area contributed by atoms with E-state index in [-0.39, 0.29) is 18.0 Å². The Hall–Kier alpha value is -4.46. The molecule has 5 rings (SSSR count). The van der Waals surface area contributed by atoms with E-state index in [9.17, 15) is 14.4 Å². The van der Waals surface area contributed by atoms with Crippen molar-refractivity contribution in [3.05, 3.63) is 122 Å². The number of hydrogen-bond acceptors (Lipinski definition) is 4. The van der Waals surface area contributed by atoms with Crippen LogP contribution in [0.25, 0.3) is 0 Å². The Morgan fingerprint density at radius 3 is 2.33 bits per heavy atom. The molecule has 2 aromatic heterocycles. The normalized spacial score (nSPS) is 12.9. The van der Waals surface area contributed by atoms with Crippen molar-refractivity contribution in [2.45, 2.75) is 38.1 Å². The van der Waals surface area contributed by atoms with E-state index < -0.39 is 5.91 Å². The van der Waals surface area contributed by atoms with Crippen LogP contribution in [0.3, 0.4) is 0 Å². The third-order valence-electron chi connectivity index (χ3n) is 6.52. The summed E-state index contributed by atoms with van der Waals surface area (Å²) in [5.41, 5.74) is 11.5. The second kappa shape index (κ2) is 10.0. The summed E-state index contributed by atoms with van der Waals surface area (Å²) >= 11 is 0. The molecule has 0 bridgehead atoms. The Kier molecular flexibility index (Phi) is 6.49. The van der Waals surface area contributed by atoms with Gasteiger partial charge in [0.05, 0.1) is 0 Å². The summed E-state index contributed by atoms with van der Waals surface area (Å²) in [6.07, 6.45) is 4.90. The molecule has 1 aliphatic rings. The van der Waals surface area contributed by atoms with Crippen LogP contribution >= 0.6 is 0 Å². The second-order valence-electron chi connectivity index (χ2n) is 9.14. The van der Waals surface area contributed by atoms with E-state index in [0.717, 1.165) is 35.2 Å². The molecule has 8 nitrogen and oxygen atoms in total. The first-order chi connectivity index (χ1) is 17.5. The van der Waals surface area contributed by atoms with Gasteiger partial charge in [0.25, 0.3) is 11.5 Å². The van der Waals surface area contributed by atoms with Gasteiger partial charge >= 0.3 is 0 Å². The first-order valence-corrected chi connectivity index (χ1v) is 12.0. The van der Waals surface area contributed by atoms with Crippen molar-refractivity contribution in [2.75, 3.05) is 0 Å². The van der Waals surface area contributed by atoms with Gasteiger partial charge in [-0.2, -0.15) is 5.10 Å². The molecule has 182 valence electrons. The number of nitrogens with zero attached hydrogens (tertiary/aromatic N) is 1. The Balaban J connectivity index is 1.33. The average molecular weight is 482 g/mol. The van der Waals surface area contributed by atoms with Crippen molar-refractivity contribution < 1.29 is 9.59 Å². The zero-order valence-electron chi connectivity index (χ0n) is 19.7. The number of pyridine rings is 1. The highest BCUT2D eigenvalue weighted by Gasteiger charge is 2.31. The lowest BCUT2D eigenvalue weighted by Gasteiger charge is -2.10. The maximum atomic E-state index is 13.1. The first kappa shape index (κ1) is 23.3. The third kappa shape index (κ3) is 5.12. The summed E-state index contributed by atoms with van der Waals surface area (Å²) in [5, 5.41) is 10.3. The van der Waals surface area contributed by atoms with Crippen LogP contribution in [0.15, 0.2) is 71.7 Å². The van der Waals surface area contributed by atoms with Crippen LogP contribution in [0.5, 0.6) is 0 Å². The highest BCUT2D eigenvalue weighted by Crippen LogP contribution is 2.41. The largest absolute Gasteiger partial charge is 0.366 e. The molecular weight excluding hydrogens is 454 g/mol. The van der Waals surface area contributed by atoms with E-state index in [1.165, 1.54) is 0 Å². The van der Waals surface area contributed by atoms with Crippen LogP contribution in [0.1, 0.15) is 73.1 Å². The molecule has 2 aromatic carbocycles. The zero-order chi connectivity index (χ0) is 25.1. The molecule has 0 saturated heterocycles. The van der Waals surface area contributed by atoms with Gasteiger partial charge in [0.2, 0.25) is 5.91 Å². The lowest BCUT2D eigenvalue weighted by atomic mass is 9.98. The Bertz CT molecular complexity index is 1470. The van der Waals surface area contributed by atoms with Crippen LogP contribution in [-0.2, 0) is 19.4 Å². The number of rotatable bonds is 9. The van der Waals surface area contributed by atoms with Crippen molar-refractivity contribution in [1.82, 2.24) is 20.5 Å². The Morgan fingerprint density at radius 1 is 0.944 bits per heavy atom. The van der Waals surface area contributed by atoms with Gasteiger partial charge in [0, 0.05) is 53.9 Å². The van der Waals surface area contributed by atoms with Crippen molar-refractivity contribution in [1.29, 1.82) is 0 Å². The van der Waals surface area contributed by atoms with Crippen LogP contribution in [0.2, 0.25) is 0 Å². The highest BCUT2D eigenvalue weighted by molar-refractivity contribution is 5.96. The van der Waals surface area contributed by atoms with Crippen molar-refractivity contribution in [3.63, 3.8) is 0 Å². The van der Waals surface area contributed by atoms with Crippen LogP contribution in [0.4, 0.5) is 0 Å². The summed E-state index contributed by atoms with van der Waals surface area (Å²) in [6.45, 7) is 0.177. The van der Waals surface area contributed by atoms with Crippen LogP contribution in [0, 0.1) is 0 Å². The molecule has 4 aromatic rings. The summed E-state index contributed by atoms with van der Waals surface area (Å²) in [4.78, 5) is 39.5. The minimum absolute atomic E-state index is 0.0804. The summed E-state index contributed by atoms with van der Waals surface area (Å²) < 4.78 is 0. The number of carbonyl (C=O) groups is 2. The second-order valence-corrected chi connectivity index (χ2v) is 9.14. The molecule has 8 heteroatoms. The molecule has 0 radical (unpaired) electrons. The average Bonchev–Trinajstić information content (AvgIpc) is 3.65. The van der Waals surface area contributed by atoms with Gasteiger partial charge in [0.15, 0.2) is 5.69 Å². The van der Waals surface area contributed by atoms with E-state index in [1.54, 1.807) is 30.5 Å². The van der Waals surface area contributed by atoms with Crippen molar-refractivity contribution >= 4 is 11.8 Å². The molecule has 0 spiro atoms. The van der Waals surface area contributed by atoms with Gasteiger partial charge in [-0.25, -0.2) is 0 Å². The summed E-state index contributed by atoms with van der Waals surface area (Å²) in [6, 6.07) is 18.7. The topological polar surface area (TPSA) is 134 Å². The number of carbonyl (C=O) groups excluding carboxylic acids is 2. The van der Waals surface area contributed by atoms with Gasteiger partial charge in [-0.3, -0.25) is 19.5 Å². The molecule has 0 atom stereocenters. The number of nitrogens with one attached hydrogen (secondary N) is 3. The summed E-state index contributed by atoms with van der Waals surface area (Å²) in [7, 11) is 0. The van der Waals surface area contributed by atoms with E-state index in [0.29, 0.717) is 41.1 Å². The van der Waals surface area contributed by atoms with Crippen molar-refractivity contribution in [2.24, 2.45) is 5.73 Å². The van der Waals surface area contributed by atoms with Gasteiger partial charge in [-0.1, -0.05) is 48.5 Å². The number of nitrogens with two attached hydrogens (primary N) is 1. The zero-order valence-corrected chi connectivity index (χ0v) is 19.7. The monoisotopic (exact) mass is 481 g/mol. The number of amides is 2. The molecule has 2 amide bonds. The predicted octanol–water partition coefficient (Wildman–Crippen LogP) is 3.19. The van der Waals surface area contributed by atoms with E-state index >= 15 is 0 Å². The van der Waals surface area contributed by atoms with Crippen LogP contribution < -0.4 is 16.6 Å². The number of benzene rings is 2. The number of primary amides is 1. The number of H-pyrrole nitrogens is 2. The minimum Gasteiger partial charge on any atom is -0.366 e. The lowest BCUT2D eigenvalue weighted by Crippen LogP contribution is -2.26. The molecule has 2 heterocycles. The predicted molar refractivity (Wildman–Crippen MR) is 136 cm³/mol. The number of aromatic amines is 2. The van der Waals surface area contributed by atoms with E-state index in [2.05, 4.69) is 20.5 Å². The fourth-order valence-electron chi connectivity index (χ4n) is 4.42. The van der Waals surface area contributed by atoms with Crippen LogP contribution in [-0.4, -0.2) is 27.0 Å². The fraction of sp³-hybridized carbons (Fsp3) is 0.214. The Labute approximate surface area is 208 Å². The molecule has 0 unspecified atom stereocenters. The summed E-state index contributed by atoms with van der Waals surface area (Å²) in [5.74, 6) is -0.433. The quantitative estimate of drug-likeness (QED) is 0.292. The number of aromatic nitrogens is 3. The minimum atomic E-state index is -0.531. The first-order valence-electron chi connectivity index (χ1n) is 12.0. The molecule has 5 N–H and O–H groups in total. The maximum Gasteiger partial charge on any atom is 0.272 e. The standard InChI is InChI=1S/C28H27N5O3/c29-26(34)22-6-2-1-4-21(22)16-31-28(36)25-23(24(32-33-25)19-11-12-19)15-18-9-7-17(8-10-18)14-20-5-3-13-30-27(20)35/h1-10,13,19H,11-12,14-16H2,(H2,29,34)(H,30,35)(H,31,36)(H,32,33). The van der Waals surface area contributed by atoms with Crippen molar-refractivity contribution in [3.8, 4) is 0 Å². The lowest BCUT2D eigenvalue weighted by molar-refractivity contribution is 0.0940. The van der Waals surface area contributed by atoms with E-state index in [4.69, 9.17) is 5.73 Å². The molecular formula is C28H27N5O3. The number of hydrogen-bond donors (Lipinski definition) is 4. The third-order valence-corrected chi connectivity index (χ3v) is 6.52. The Morgan fingerprint density at radius 2 is 1.64 bits per heavy atom. The highest BCUT2D eigenvalue weighted by atomic mass is 16.2. The van der Waals surface area contributed by atoms with Gasteiger partial charge in [-0.15, -0.1) is 0 Å². The molecule has 1 saturated carbocycles. The van der Waals surface area contributed by atoms with Gasteiger partial charge in [0.1, 0.15) is 0 Å². The maximum absolute atomic E-state index is 13.1. The molecule has 1 fully saturated rings. The fourth-order valence-corrected chi connectivity index (χ4v) is 4.42. The molecule has 0 aliphatic heterocycles. The van der Waals surface area contributed by atoms with E-state index in [1.807, 2.05) is 36.4 Å². The molecule has 36 heavy (non-hydrogen) atoms.